The van der Waals surface area contributed by atoms with E-state index in [0.29, 0.717) is 22.3 Å². The number of hydrogen-bond donors (Lipinski definition) is 1. The van der Waals surface area contributed by atoms with Crippen LogP contribution in [0.1, 0.15) is 12.5 Å². The van der Waals surface area contributed by atoms with Crippen LogP contribution in [0.4, 0.5) is 0 Å². The average Bonchev–Trinajstić information content (AvgIpc) is 2.42. The third kappa shape index (κ3) is 4.06. The molecule has 2 rings (SSSR count). The average molecular weight is 298 g/mol. The summed E-state index contributed by atoms with van der Waals surface area (Å²) < 4.78 is 5.68. The molecule has 0 aliphatic heterocycles. The Morgan fingerprint density at radius 3 is 2.47 bits per heavy atom. The zero-order chi connectivity index (χ0) is 13.7. The summed E-state index contributed by atoms with van der Waals surface area (Å²) >= 11 is 12.1. The normalized spacial score (nSPS) is 12.2. The van der Waals surface area contributed by atoms with E-state index < -0.39 is 0 Å². The maximum Gasteiger partial charge on any atom is 0.158 e. The van der Waals surface area contributed by atoms with Gasteiger partial charge in [-0.1, -0.05) is 29.3 Å². The van der Waals surface area contributed by atoms with Crippen LogP contribution < -0.4 is 10.1 Å². The highest BCUT2D eigenvalue weighted by Crippen LogP contribution is 2.32. The van der Waals surface area contributed by atoms with Crippen LogP contribution in [-0.2, 0) is 6.54 Å². The van der Waals surface area contributed by atoms with Crippen LogP contribution >= 0.6 is 23.2 Å². The third-order valence-corrected chi connectivity index (χ3v) is 3.02. The summed E-state index contributed by atoms with van der Waals surface area (Å²) in [6.45, 7) is 2.48. The van der Waals surface area contributed by atoms with E-state index in [1.807, 2.05) is 6.92 Å². The first kappa shape index (κ1) is 14.1. The number of halogens is 2. The van der Waals surface area contributed by atoms with Crippen molar-refractivity contribution in [1.29, 1.82) is 0 Å². The molecule has 6 heteroatoms. The van der Waals surface area contributed by atoms with Gasteiger partial charge in [-0.05, 0) is 19.1 Å². The van der Waals surface area contributed by atoms with Gasteiger partial charge in [0.25, 0.3) is 0 Å². The van der Waals surface area contributed by atoms with Gasteiger partial charge in [0.2, 0.25) is 0 Å². The lowest BCUT2D eigenvalue weighted by Gasteiger charge is -2.17. The Morgan fingerprint density at radius 1 is 1.21 bits per heavy atom. The van der Waals surface area contributed by atoms with Gasteiger partial charge in [0.05, 0.1) is 10.0 Å². The Bertz CT molecular complexity index is 516. The Hall–Kier alpha value is -1.36. The standard InChI is InChI=1S/C13H13Cl2N3O/c1-9(18-7-10-5-16-8-17-6-10)19-13-11(14)3-2-4-12(13)15/h2-6,8-9,18H,7H2,1H3. The molecule has 0 fully saturated rings. The first-order valence-electron chi connectivity index (χ1n) is 5.75. The number of para-hydroxylation sites is 1. The summed E-state index contributed by atoms with van der Waals surface area (Å²) in [4.78, 5) is 7.88. The van der Waals surface area contributed by atoms with E-state index in [0.717, 1.165) is 5.56 Å². The van der Waals surface area contributed by atoms with Gasteiger partial charge in [-0.25, -0.2) is 9.97 Å². The number of nitrogens with zero attached hydrogens (tertiary/aromatic N) is 2. The van der Waals surface area contributed by atoms with Gasteiger partial charge in [-0.2, -0.15) is 0 Å². The maximum absolute atomic E-state index is 6.03. The minimum Gasteiger partial charge on any atom is -0.473 e. The molecule has 0 radical (unpaired) electrons. The summed E-state index contributed by atoms with van der Waals surface area (Å²) in [7, 11) is 0. The molecule has 1 aromatic carbocycles. The quantitative estimate of drug-likeness (QED) is 0.860. The number of aromatic nitrogens is 2. The third-order valence-electron chi connectivity index (χ3n) is 2.42. The van der Waals surface area contributed by atoms with E-state index >= 15 is 0 Å². The molecule has 0 aliphatic rings. The van der Waals surface area contributed by atoms with Crippen molar-refractivity contribution in [2.24, 2.45) is 0 Å². The molecule has 0 saturated carbocycles. The minimum absolute atomic E-state index is 0.238. The highest BCUT2D eigenvalue weighted by molar-refractivity contribution is 6.37. The highest BCUT2D eigenvalue weighted by Gasteiger charge is 2.10. The minimum atomic E-state index is -0.238. The number of rotatable bonds is 5. The summed E-state index contributed by atoms with van der Waals surface area (Å²) in [6.07, 6.45) is 4.75. The topological polar surface area (TPSA) is 47.0 Å². The van der Waals surface area contributed by atoms with Gasteiger partial charge in [-0.3, -0.25) is 5.32 Å². The molecule has 0 spiro atoms. The molecule has 1 unspecified atom stereocenters. The highest BCUT2D eigenvalue weighted by atomic mass is 35.5. The lowest BCUT2D eigenvalue weighted by molar-refractivity contribution is 0.181. The SMILES string of the molecule is CC(NCc1cncnc1)Oc1c(Cl)cccc1Cl. The number of nitrogens with one attached hydrogen (secondary N) is 1. The van der Waals surface area contributed by atoms with Gasteiger partial charge >= 0.3 is 0 Å². The Labute approximate surface area is 121 Å². The predicted molar refractivity (Wildman–Crippen MR) is 75.4 cm³/mol. The lowest BCUT2D eigenvalue weighted by atomic mass is 10.3. The van der Waals surface area contributed by atoms with Crippen LogP contribution in [0.3, 0.4) is 0 Å². The molecule has 1 aromatic heterocycles. The molecule has 19 heavy (non-hydrogen) atoms. The van der Waals surface area contributed by atoms with E-state index in [1.54, 1.807) is 30.6 Å². The molecule has 1 atom stereocenters. The van der Waals surface area contributed by atoms with Gasteiger partial charge in [0.1, 0.15) is 12.6 Å². The van der Waals surface area contributed by atoms with Crippen molar-refractivity contribution in [2.45, 2.75) is 19.7 Å². The van der Waals surface area contributed by atoms with Crippen LogP contribution in [0.2, 0.25) is 10.0 Å². The van der Waals surface area contributed by atoms with E-state index in [-0.39, 0.29) is 6.23 Å². The molecule has 2 aromatic rings. The summed E-state index contributed by atoms with van der Waals surface area (Å²) in [5, 5.41) is 4.16. The Morgan fingerprint density at radius 2 is 1.84 bits per heavy atom. The van der Waals surface area contributed by atoms with Crippen LogP contribution in [0.15, 0.2) is 36.9 Å². The number of hydrogen-bond acceptors (Lipinski definition) is 4. The molecule has 0 aliphatic carbocycles. The second kappa shape index (κ2) is 6.70. The van der Waals surface area contributed by atoms with Crippen molar-refractivity contribution in [2.75, 3.05) is 0 Å². The van der Waals surface area contributed by atoms with Crippen molar-refractivity contribution in [3.8, 4) is 5.75 Å². The fourth-order valence-corrected chi connectivity index (χ4v) is 1.98. The predicted octanol–water partition coefficient (Wildman–Crippen LogP) is 3.30. The maximum atomic E-state index is 6.03. The van der Waals surface area contributed by atoms with Gasteiger partial charge in [0.15, 0.2) is 5.75 Å². The van der Waals surface area contributed by atoms with Crippen molar-refractivity contribution in [3.05, 3.63) is 52.5 Å². The number of ether oxygens (including phenoxy) is 1. The van der Waals surface area contributed by atoms with Crippen molar-refractivity contribution in [3.63, 3.8) is 0 Å². The molecule has 4 nitrogen and oxygen atoms in total. The van der Waals surface area contributed by atoms with Crippen LogP contribution in [-0.4, -0.2) is 16.2 Å². The van der Waals surface area contributed by atoms with Crippen molar-refractivity contribution >= 4 is 23.2 Å². The van der Waals surface area contributed by atoms with Crippen LogP contribution in [0, 0.1) is 0 Å². The van der Waals surface area contributed by atoms with E-state index in [2.05, 4.69) is 15.3 Å². The molecule has 100 valence electrons. The van der Waals surface area contributed by atoms with E-state index in [1.165, 1.54) is 6.33 Å². The van der Waals surface area contributed by atoms with Crippen LogP contribution in [0.25, 0.3) is 0 Å². The van der Waals surface area contributed by atoms with Crippen LogP contribution in [0.5, 0.6) is 5.75 Å². The zero-order valence-corrected chi connectivity index (χ0v) is 11.8. The zero-order valence-electron chi connectivity index (χ0n) is 10.3. The monoisotopic (exact) mass is 297 g/mol. The largest absolute Gasteiger partial charge is 0.473 e. The molecular formula is C13H13Cl2N3O. The summed E-state index contributed by atoms with van der Waals surface area (Å²) in [5.74, 6) is 0.482. The van der Waals surface area contributed by atoms with E-state index in [9.17, 15) is 0 Å². The fourth-order valence-electron chi connectivity index (χ4n) is 1.50. The Balaban J connectivity index is 1.93. The Kier molecular flexibility index (Phi) is 4.96. The van der Waals surface area contributed by atoms with Gasteiger partial charge in [0, 0.05) is 24.5 Å². The smallest absolute Gasteiger partial charge is 0.158 e. The molecule has 0 amide bonds. The molecular weight excluding hydrogens is 285 g/mol. The number of benzene rings is 1. The second-order valence-electron chi connectivity index (χ2n) is 3.94. The molecule has 0 saturated heterocycles. The van der Waals surface area contributed by atoms with Crippen molar-refractivity contribution in [1.82, 2.24) is 15.3 Å². The van der Waals surface area contributed by atoms with Gasteiger partial charge in [-0.15, -0.1) is 0 Å². The molecule has 1 heterocycles. The second-order valence-corrected chi connectivity index (χ2v) is 4.75. The fraction of sp³-hybridized carbons (Fsp3) is 0.231. The van der Waals surface area contributed by atoms with Crippen molar-refractivity contribution < 1.29 is 4.74 Å². The van der Waals surface area contributed by atoms with E-state index in [4.69, 9.17) is 27.9 Å². The summed E-state index contributed by atoms with van der Waals surface area (Å²) in [6, 6.07) is 5.25. The molecule has 1 N–H and O–H groups in total. The lowest BCUT2D eigenvalue weighted by Crippen LogP contribution is -2.31. The first-order chi connectivity index (χ1) is 9.16. The van der Waals surface area contributed by atoms with Gasteiger partial charge < -0.3 is 4.74 Å². The first-order valence-corrected chi connectivity index (χ1v) is 6.50. The summed E-state index contributed by atoms with van der Waals surface area (Å²) in [5.41, 5.74) is 0.975. The molecule has 0 bridgehead atoms.